The Morgan fingerprint density at radius 2 is 1.68 bits per heavy atom. The molecule has 2 aromatic carbocycles. The predicted molar refractivity (Wildman–Crippen MR) is 130 cm³/mol. The molecular formula is C23H27ClF2N4O6S. The van der Waals surface area contributed by atoms with Crippen molar-refractivity contribution in [3.63, 3.8) is 0 Å². The van der Waals surface area contributed by atoms with Crippen LogP contribution in [0, 0.1) is 11.6 Å². The number of sulfonamides is 1. The number of halogens is 3. The molecule has 10 nitrogen and oxygen atoms in total. The zero-order valence-corrected chi connectivity index (χ0v) is 21.6. The quantitative estimate of drug-likeness (QED) is 0.320. The van der Waals surface area contributed by atoms with E-state index in [2.05, 4.69) is 0 Å². The maximum atomic E-state index is 14.8. The van der Waals surface area contributed by atoms with E-state index >= 15 is 0 Å². The minimum atomic E-state index is -4.60. The van der Waals surface area contributed by atoms with Gasteiger partial charge in [0, 0.05) is 31.2 Å². The van der Waals surface area contributed by atoms with Gasteiger partial charge < -0.3 is 9.64 Å². The van der Waals surface area contributed by atoms with Crippen LogP contribution in [0.15, 0.2) is 41.3 Å². The van der Waals surface area contributed by atoms with Crippen LogP contribution in [0.25, 0.3) is 0 Å². The fourth-order valence-corrected chi connectivity index (χ4v) is 5.23. The Bertz CT molecular complexity index is 1200. The van der Waals surface area contributed by atoms with E-state index in [1.807, 2.05) is 0 Å². The zero-order chi connectivity index (χ0) is 27.2. The number of carbonyl (C=O) groups is 2. The molecule has 1 saturated heterocycles. The van der Waals surface area contributed by atoms with Crippen molar-refractivity contribution in [3.8, 4) is 11.5 Å². The van der Waals surface area contributed by atoms with Crippen LogP contribution in [0.2, 0.25) is 5.02 Å². The van der Waals surface area contributed by atoms with E-state index in [1.54, 1.807) is 16.8 Å². The average molecular weight is 561 g/mol. The second-order valence-corrected chi connectivity index (χ2v) is 10.8. The van der Waals surface area contributed by atoms with Crippen molar-refractivity contribution in [1.82, 2.24) is 19.6 Å². The summed E-state index contributed by atoms with van der Waals surface area (Å²) in [5, 5.41) is 9.28. The molecule has 1 aliphatic heterocycles. The van der Waals surface area contributed by atoms with Crippen molar-refractivity contribution in [2.24, 2.45) is 0 Å². The SMILES string of the molecule is CN(CCN(CC(=O)NO)S(=O)(=O)c1cc(F)c(Oc2ccc(Cl)cc2)c(F)c1)CC(=O)N1CCCC1. The van der Waals surface area contributed by atoms with Gasteiger partial charge in [-0.25, -0.2) is 22.7 Å². The number of hydrogen-bond acceptors (Lipinski definition) is 7. The number of carbonyl (C=O) groups excluding carboxylic acids is 2. The maximum Gasteiger partial charge on any atom is 0.258 e. The largest absolute Gasteiger partial charge is 0.451 e. The van der Waals surface area contributed by atoms with E-state index in [0.717, 1.165) is 12.8 Å². The van der Waals surface area contributed by atoms with E-state index in [0.29, 0.717) is 34.6 Å². The van der Waals surface area contributed by atoms with Gasteiger partial charge in [-0.2, -0.15) is 4.31 Å². The van der Waals surface area contributed by atoms with Crippen molar-refractivity contribution in [2.75, 3.05) is 46.3 Å². The van der Waals surface area contributed by atoms with Crippen LogP contribution in [0.5, 0.6) is 11.5 Å². The molecule has 3 rings (SSSR count). The van der Waals surface area contributed by atoms with Crippen LogP contribution < -0.4 is 10.2 Å². The number of ether oxygens (including phenoxy) is 1. The van der Waals surface area contributed by atoms with Gasteiger partial charge in [0.15, 0.2) is 17.4 Å². The molecule has 0 unspecified atom stereocenters. The number of hydroxylamine groups is 1. The van der Waals surface area contributed by atoms with Gasteiger partial charge in [0.1, 0.15) is 5.75 Å². The standard InChI is InChI=1S/C23H27ClF2N4O6S/c1-28(15-22(32)29-8-2-3-9-29)10-11-30(14-21(31)27-33)37(34,35)18-12-19(25)23(20(26)13-18)36-17-6-4-16(24)5-7-17/h4-7,12-13,33H,2-3,8-11,14-15H2,1H3,(H,27,31). The summed E-state index contributed by atoms with van der Waals surface area (Å²) in [5.74, 6) is -4.47. The van der Waals surface area contributed by atoms with E-state index in [9.17, 15) is 26.8 Å². The maximum absolute atomic E-state index is 14.8. The van der Waals surface area contributed by atoms with Crippen LogP contribution in [-0.4, -0.2) is 85.9 Å². The second kappa shape index (κ2) is 12.6. The van der Waals surface area contributed by atoms with Gasteiger partial charge in [0.2, 0.25) is 15.9 Å². The number of benzene rings is 2. The molecule has 0 radical (unpaired) electrons. The number of rotatable bonds is 11. The third kappa shape index (κ3) is 7.58. The van der Waals surface area contributed by atoms with Crippen LogP contribution in [0.4, 0.5) is 8.78 Å². The summed E-state index contributed by atoms with van der Waals surface area (Å²) < 4.78 is 61.8. The second-order valence-electron chi connectivity index (χ2n) is 8.47. The van der Waals surface area contributed by atoms with Gasteiger partial charge >= 0.3 is 0 Å². The summed E-state index contributed by atoms with van der Waals surface area (Å²) in [6.45, 7) is 0.266. The van der Waals surface area contributed by atoms with Crippen LogP contribution in [0.3, 0.4) is 0 Å². The third-order valence-corrected chi connectivity index (χ3v) is 7.76. The van der Waals surface area contributed by atoms with Gasteiger partial charge in [-0.1, -0.05) is 11.6 Å². The minimum Gasteiger partial charge on any atom is -0.451 e. The molecule has 37 heavy (non-hydrogen) atoms. The first-order valence-electron chi connectivity index (χ1n) is 11.3. The molecule has 0 spiro atoms. The molecule has 0 aliphatic carbocycles. The number of amides is 2. The average Bonchev–Trinajstić information content (AvgIpc) is 3.40. The molecule has 202 valence electrons. The first-order valence-corrected chi connectivity index (χ1v) is 13.1. The lowest BCUT2D eigenvalue weighted by molar-refractivity contribution is -0.131. The molecule has 1 heterocycles. The Morgan fingerprint density at radius 3 is 2.24 bits per heavy atom. The highest BCUT2D eigenvalue weighted by Crippen LogP contribution is 2.31. The molecule has 0 bridgehead atoms. The van der Waals surface area contributed by atoms with Crippen molar-refractivity contribution >= 4 is 33.4 Å². The molecule has 2 amide bonds. The Morgan fingerprint density at radius 1 is 1.08 bits per heavy atom. The predicted octanol–water partition coefficient (Wildman–Crippen LogP) is 2.46. The molecule has 0 saturated carbocycles. The third-order valence-electron chi connectivity index (χ3n) is 5.68. The van der Waals surface area contributed by atoms with Crippen molar-refractivity contribution < 1.29 is 36.7 Å². The minimum absolute atomic E-state index is 0.0279. The summed E-state index contributed by atoms with van der Waals surface area (Å²) in [7, 11) is -3.00. The monoisotopic (exact) mass is 560 g/mol. The lowest BCUT2D eigenvalue weighted by Crippen LogP contribution is -2.45. The smallest absolute Gasteiger partial charge is 0.258 e. The van der Waals surface area contributed by atoms with Gasteiger partial charge in [-0.05, 0) is 56.3 Å². The Balaban J connectivity index is 1.77. The summed E-state index contributed by atoms with van der Waals surface area (Å²) in [4.78, 5) is 26.7. The van der Waals surface area contributed by atoms with Crippen molar-refractivity contribution in [2.45, 2.75) is 17.7 Å². The molecule has 0 aromatic heterocycles. The number of likely N-dealkylation sites (tertiary alicyclic amines) is 1. The first kappa shape index (κ1) is 28.7. The number of nitrogens with one attached hydrogen (secondary N) is 1. The molecule has 14 heteroatoms. The Kier molecular flexibility index (Phi) is 9.79. The summed E-state index contributed by atoms with van der Waals surface area (Å²) >= 11 is 5.78. The van der Waals surface area contributed by atoms with E-state index in [4.69, 9.17) is 21.5 Å². The molecule has 2 aromatic rings. The van der Waals surface area contributed by atoms with Gasteiger partial charge in [-0.15, -0.1) is 0 Å². The number of hydrogen-bond donors (Lipinski definition) is 2. The molecule has 1 aliphatic rings. The lowest BCUT2D eigenvalue weighted by atomic mass is 10.3. The van der Waals surface area contributed by atoms with E-state index in [1.165, 1.54) is 29.7 Å². The summed E-state index contributed by atoms with van der Waals surface area (Å²) in [6.07, 6.45) is 1.85. The van der Waals surface area contributed by atoms with Crippen molar-refractivity contribution in [3.05, 3.63) is 53.1 Å². The van der Waals surface area contributed by atoms with Crippen molar-refractivity contribution in [1.29, 1.82) is 0 Å². The molecule has 2 N–H and O–H groups in total. The highest BCUT2D eigenvalue weighted by molar-refractivity contribution is 7.89. The number of likely N-dealkylation sites (N-methyl/N-ethyl adjacent to an activating group) is 1. The Labute approximate surface area is 218 Å². The highest BCUT2D eigenvalue weighted by atomic mass is 35.5. The lowest BCUT2D eigenvalue weighted by Gasteiger charge is -2.25. The fraction of sp³-hybridized carbons (Fsp3) is 0.391. The molecular weight excluding hydrogens is 534 g/mol. The van der Waals surface area contributed by atoms with Crippen LogP contribution in [-0.2, 0) is 19.6 Å². The summed E-state index contributed by atoms with van der Waals surface area (Å²) in [6, 6.07) is 6.82. The normalized spacial score (nSPS) is 13.9. The number of nitrogens with zero attached hydrogens (tertiary/aromatic N) is 3. The van der Waals surface area contributed by atoms with E-state index < -0.39 is 44.8 Å². The van der Waals surface area contributed by atoms with Crippen LogP contribution >= 0.6 is 11.6 Å². The van der Waals surface area contributed by atoms with E-state index in [-0.39, 0.29) is 31.3 Å². The fourth-order valence-electron chi connectivity index (χ4n) is 3.69. The van der Waals surface area contributed by atoms with Crippen LogP contribution in [0.1, 0.15) is 12.8 Å². The molecule has 1 fully saturated rings. The van der Waals surface area contributed by atoms with Gasteiger partial charge in [0.25, 0.3) is 5.91 Å². The van der Waals surface area contributed by atoms with Gasteiger partial charge in [0.05, 0.1) is 18.0 Å². The first-order chi connectivity index (χ1) is 17.5. The zero-order valence-electron chi connectivity index (χ0n) is 20.0. The molecule has 0 atom stereocenters. The Hall–Kier alpha value is -2.84. The highest BCUT2D eigenvalue weighted by Gasteiger charge is 2.30. The summed E-state index contributed by atoms with van der Waals surface area (Å²) in [5.41, 5.74) is 1.34. The van der Waals surface area contributed by atoms with Gasteiger partial charge in [-0.3, -0.25) is 19.7 Å². The topological polar surface area (TPSA) is 119 Å².